The Hall–Kier alpha value is -1.47. The first-order chi connectivity index (χ1) is 9.25. The maximum absolute atomic E-state index is 11.6. The van der Waals surface area contributed by atoms with E-state index in [2.05, 4.69) is 19.0 Å². The van der Waals surface area contributed by atoms with Gasteiger partial charge in [0.15, 0.2) is 0 Å². The Labute approximate surface area is 120 Å². The predicted octanol–water partition coefficient (Wildman–Crippen LogP) is 1.79. The van der Waals surface area contributed by atoms with E-state index >= 15 is 0 Å². The van der Waals surface area contributed by atoms with Gasteiger partial charge in [0.1, 0.15) is 0 Å². The number of rotatable bonds is 6. The van der Waals surface area contributed by atoms with E-state index in [1.165, 1.54) is 11.7 Å². The number of carbonyl (C=O) groups is 1. The second-order valence-corrected chi connectivity index (χ2v) is 5.40. The molecule has 0 radical (unpaired) electrons. The molecular formula is C12H14N4OS2. The number of nitrogens with one attached hydrogen (secondary N) is 1. The summed E-state index contributed by atoms with van der Waals surface area (Å²) in [4.78, 5) is 15.8. The van der Waals surface area contributed by atoms with E-state index in [9.17, 15) is 4.79 Å². The fourth-order valence-electron chi connectivity index (χ4n) is 1.36. The lowest BCUT2D eigenvalue weighted by molar-refractivity contribution is -0.118. The fraction of sp³-hybridized carbons (Fsp3) is 0.333. The van der Waals surface area contributed by atoms with Crippen LogP contribution in [-0.4, -0.2) is 25.4 Å². The van der Waals surface area contributed by atoms with E-state index in [-0.39, 0.29) is 5.91 Å². The maximum Gasteiger partial charge on any atom is 0.230 e. The van der Waals surface area contributed by atoms with Crippen LogP contribution in [0.5, 0.6) is 0 Å². The normalized spacial score (nSPS) is 10.4. The van der Waals surface area contributed by atoms with E-state index in [4.69, 9.17) is 0 Å². The van der Waals surface area contributed by atoms with E-state index in [1.54, 1.807) is 18.0 Å². The van der Waals surface area contributed by atoms with Gasteiger partial charge in [0.2, 0.25) is 5.91 Å². The molecule has 0 aromatic carbocycles. The molecule has 100 valence electrons. The Bertz CT molecular complexity index is 530. The Morgan fingerprint density at radius 2 is 2.32 bits per heavy atom. The van der Waals surface area contributed by atoms with Gasteiger partial charge in [-0.3, -0.25) is 9.78 Å². The lowest BCUT2D eigenvalue weighted by Gasteiger charge is -2.04. The third-order valence-corrected chi connectivity index (χ3v) is 4.01. The van der Waals surface area contributed by atoms with Crippen molar-refractivity contribution in [3.63, 3.8) is 0 Å². The van der Waals surface area contributed by atoms with Gasteiger partial charge in [-0.15, -0.1) is 11.8 Å². The molecule has 0 fully saturated rings. The summed E-state index contributed by atoms with van der Waals surface area (Å²) in [5.41, 5.74) is 2.78. The zero-order valence-corrected chi connectivity index (χ0v) is 12.1. The van der Waals surface area contributed by atoms with Crippen molar-refractivity contribution in [3.8, 4) is 0 Å². The standard InChI is InChI=1S/C12H14N4OS2/c1-9-11(16-19-15-9)7-18-8-12(17)14-6-10-4-2-3-5-13-10/h2-5H,6-8H2,1H3,(H,14,17). The molecule has 0 unspecified atom stereocenters. The summed E-state index contributed by atoms with van der Waals surface area (Å²) in [7, 11) is 0. The van der Waals surface area contributed by atoms with Gasteiger partial charge >= 0.3 is 0 Å². The molecule has 1 N–H and O–H groups in total. The van der Waals surface area contributed by atoms with Crippen LogP contribution in [0.1, 0.15) is 17.1 Å². The molecule has 2 rings (SSSR count). The van der Waals surface area contributed by atoms with Crippen LogP contribution < -0.4 is 5.32 Å². The molecule has 2 heterocycles. The summed E-state index contributed by atoms with van der Waals surface area (Å²) in [5, 5.41) is 2.84. The topological polar surface area (TPSA) is 67.8 Å². The second kappa shape index (κ2) is 7.20. The number of thioether (sulfide) groups is 1. The SMILES string of the molecule is Cc1nsnc1CSCC(=O)NCc1ccccn1. The van der Waals surface area contributed by atoms with E-state index in [1.807, 2.05) is 25.1 Å². The van der Waals surface area contributed by atoms with Gasteiger partial charge in [-0.1, -0.05) is 6.07 Å². The molecule has 0 aliphatic carbocycles. The Morgan fingerprint density at radius 1 is 1.42 bits per heavy atom. The van der Waals surface area contributed by atoms with Crippen molar-refractivity contribution in [2.45, 2.75) is 19.2 Å². The highest BCUT2D eigenvalue weighted by Gasteiger charge is 2.06. The van der Waals surface area contributed by atoms with Gasteiger partial charge in [-0.2, -0.15) is 8.75 Å². The van der Waals surface area contributed by atoms with Crippen molar-refractivity contribution < 1.29 is 4.79 Å². The molecule has 2 aromatic rings. The largest absolute Gasteiger partial charge is 0.350 e. The molecule has 0 saturated carbocycles. The predicted molar refractivity (Wildman–Crippen MR) is 76.9 cm³/mol. The molecule has 7 heteroatoms. The molecule has 0 spiro atoms. The van der Waals surface area contributed by atoms with E-state index < -0.39 is 0 Å². The molecule has 2 aromatic heterocycles. The van der Waals surface area contributed by atoms with E-state index in [0.717, 1.165) is 22.8 Å². The summed E-state index contributed by atoms with van der Waals surface area (Å²) >= 11 is 2.75. The third kappa shape index (κ3) is 4.60. The van der Waals surface area contributed by atoms with Crippen molar-refractivity contribution in [1.29, 1.82) is 0 Å². The van der Waals surface area contributed by atoms with Crippen LogP contribution in [0.4, 0.5) is 0 Å². The lowest BCUT2D eigenvalue weighted by atomic mass is 10.3. The van der Waals surface area contributed by atoms with Crippen LogP contribution in [0.15, 0.2) is 24.4 Å². The number of amides is 1. The molecule has 5 nitrogen and oxygen atoms in total. The lowest BCUT2D eigenvalue weighted by Crippen LogP contribution is -2.25. The van der Waals surface area contributed by atoms with Crippen LogP contribution in [0.2, 0.25) is 0 Å². The first-order valence-corrected chi connectivity index (χ1v) is 7.66. The molecule has 1 amide bonds. The first-order valence-electron chi connectivity index (χ1n) is 5.78. The Kier molecular flexibility index (Phi) is 5.29. The Balaban J connectivity index is 1.66. The van der Waals surface area contributed by atoms with Crippen molar-refractivity contribution in [2.75, 3.05) is 5.75 Å². The summed E-state index contributed by atoms with van der Waals surface area (Å²) in [6.45, 7) is 2.40. The van der Waals surface area contributed by atoms with Gasteiger partial charge in [-0.25, -0.2) is 0 Å². The highest BCUT2D eigenvalue weighted by atomic mass is 32.2. The average molecular weight is 294 g/mol. The maximum atomic E-state index is 11.6. The quantitative estimate of drug-likeness (QED) is 0.879. The minimum absolute atomic E-state index is 0.0106. The van der Waals surface area contributed by atoms with Crippen LogP contribution in [0.25, 0.3) is 0 Å². The highest BCUT2D eigenvalue weighted by molar-refractivity contribution is 7.99. The van der Waals surface area contributed by atoms with E-state index in [0.29, 0.717) is 12.3 Å². The van der Waals surface area contributed by atoms with Crippen molar-refractivity contribution in [2.24, 2.45) is 0 Å². The van der Waals surface area contributed by atoms with Crippen molar-refractivity contribution in [3.05, 3.63) is 41.5 Å². The van der Waals surface area contributed by atoms with Gasteiger partial charge in [0, 0.05) is 11.9 Å². The molecule has 0 aliphatic heterocycles. The van der Waals surface area contributed by atoms with Crippen LogP contribution in [0.3, 0.4) is 0 Å². The summed E-state index contributed by atoms with van der Waals surface area (Å²) in [5.74, 6) is 1.15. The smallest absolute Gasteiger partial charge is 0.230 e. The molecule has 0 atom stereocenters. The second-order valence-electron chi connectivity index (χ2n) is 3.89. The Morgan fingerprint density at radius 3 is 3.00 bits per heavy atom. The number of carbonyl (C=O) groups excluding carboxylic acids is 1. The zero-order valence-electron chi connectivity index (χ0n) is 10.5. The summed E-state index contributed by atoms with van der Waals surface area (Å²) in [6, 6.07) is 5.64. The molecule has 0 saturated heterocycles. The van der Waals surface area contributed by atoms with Gasteiger partial charge < -0.3 is 5.32 Å². The van der Waals surface area contributed by atoms with Crippen LogP contribution >= 0.6 is 23.5 Å². The van der Waals surface area contributed by atoms with Gasteiger partial charge in [-0.05, 0) is 19.1 Å². The monoisotopic (exact) mass is 294 g/mol. The number of pyridine rings is 1. The molecule has 19 heavy (non-hydrogen) atoms. The third-order valence-electron chi connectivity index (χ3n) is 2.41. The highest BCUT2D eigenvalue weighted by Crippen LogP contribution is 2.13. The molecule has 0 aliphatic rings. The van der Waals surface area contributed by atoms with Crippen molar-refractivity contribution >= 4 is 29.4 Å². The number of hydrogen-bond donors (Lipinski definition) is 1. The minimum atomic E-state index is 0.0106. The zero-order chi connectivity index (χ0) is 13.5. The number of hydrogen-bond acceptors (Lipinski definition) is 6. The molecule has 0 bridgehead atoms. The minimum Gasteiger partial charge on any atom is -0.350 e. The number of aromatic nitrogens is 3. The van der Waals surface area contributed by atoms with Crippen LogP contribution in [0, 0.1) is 6.92 Å². The van der Waals surface area contributed by atoms with Crippen LogP contribution in [-0.2, 0) is 17.1 Å². The van der Waals surface area contributed by atoms with Gasteiger partial charge in [0.05, 0.1) is 41.1 Å². The summed E-state index contributed by atoms with van der Waals surface area (Å²) in [6.07, 6.45) is 1.72. The number of nitrogens with zero attached hydrogens (tertiary/aromatic N) is 3. The van der Waals surface area contributed by atoms with Gasteiger partial charge in [0.25, 0.3) is 0 Å². The average Bonchev–Trinajstić information content (AvgIpc) is 2.83. The molecular weight excluding hydrogens is 280 g/mol. The number of aryl methyl sites for hydroxylation is 1. The fourth-order valence-corrected chi connectivity index (χ4v) is 2.87. The summed E-state index contributed by atoms with van der Waals surface area (Å²) < 4.78 is 8.27. The van der Waals surface area contributed by atoms with Crippen molar-refractivity contribution in [1.82, 2.24) is 19.0 Å². The first kappa shape index (κ1) is 14.0.